The standard InChI is InChI=1S/C13H19ClN2OS/c1-18-9-5-4-8-15-10-13(17)16-12-7-3-2-6-11(12)14/h2-3,6-7,15H,4-5,8-10H2,1H3,(H,16,17). The molecule has 1 aromatic carbocycles. The number of amides is 1. The highest BCUT2D eigenvalue weighted by Gasteiger charge is 2.04. The van der Waals surface area contributed by atoms with Crippen LogP contribution < -0.4 is 10.6 Å². The van der Waals surface area contributed by atoms with E-state index in [9.17, 15) is 4.79 Å². The van der Waals surface area contributed by atoms with Gasteiger partial charge in [-0.25, -0.2) is 0 Å². The maximum atomic E-state index is 11.6. The van der Waals surface area contributed by atoms with Gasteiger partial charge in [0.05, 0.1) is 17.3 Å². The topological polar surface area (TPSA) is 41.1 Å². The molecule has 2 N–H and O–H groups in total. The van der Waals surface area contributed by atoms with Crippen molar-refractivity contribution < 1.29 is 4.79 Å². The Morgan fingerprint density at radius 1 is 1.33 bits per heavy atom. The molecule has 0 saturated heterocycles. The van der Waals surface area contributed by atoms with Crippen LogP contribution in [0.25, 0.3) is 0 Å². The summed E-state index contributed by atoms with van der Waals surface area (Å²) in [4.78, 5) is 11.6. The highest BCUT2D eigenvalue weighted by molar-refractivity contribution is 7.98. The first-order chi connectivity index (χ1) is 8.74. The summed E-state index contributed by atoms with van der Waals surface area (Å²) in [5, 5.41) is 6.46. The van der Waals surface area contributed by atoms with E-state index in [1.807, 2.05) is 23.9 Å². The minimum Gasteiger partial charge on any atom is -0.324 e. The summed E-state index contributed by atoms with van der Waals surface area (Å²) in [5.74, 6) is 1.11. The predicted molar refractivity (Wildman–Crippen MR) is 80.6 cm³/mol. The molecule has 0 aliphatic rings. The van der Waals surface area contributed by atoms with Crippen molar-refractivity contribution in [3.05, 3.63) is 29.3 Å². The third-order valence-corrected chi connectivity index (χ3v) is 3.41. The predicted octanol–water partition coefficient (Wildman–Crippen LogP) is 3.01. The number of hydrogen-bond donors (Lipinski definition) is 2. The summed E-state index contributed by atoms with van der Waals surface area (Å²) in [7, 11) is 0. The molecule has 0 fully saturated rings. The van der Waals surface area contributed by atoms with Crippen LogP contribution in [0, 0.1) is 0 Å². The van der Waals surface area contributed by atoms with Crippen LogP contribution in [0.3, 0.4) is 0 Å². The summed E-state index contributed by atoms with van der Waals surface area (Å²) < 4.78 is 0. The largest absolute Gasteiger partial charge is 0.324 e. The molecule has 3 nitrogen and oxygen atoms in total. The fourth-order valence-corrected chi connectivity index (χ4v) is 2.13. The number of anilines is 1. The lowest BCUT2D eigenvalue weighted by molar-refractivity contribution is -0.115. The van der Waals surface area contributed by atoms with Crippen molar-refractivity contribution in [1.29, 1.82) is 0 Å². The Hall–Kier alpha value is -0.710. The number of halogens is 1. The second-order valence-electron chi connectivity index (χ2n) is 3.90. The molecular formula is C13H19ClN2OS. The summed E-state index contributed by atoms with van der Waals surface area (Å²) in [6.07, 6.45) is 4.38. The van der Waals surface area contributed by atoms with Crippen LogP contribution in [0.2, 0.25) is 5.02 Å². The number of carbonyl (C=O) groups is 1. The van der Waals surface area contributed by atoms with Crippen LogP contribution in [-0.4, -0.2) is 31.0 Å². The Kier molecular flexibility index (Phi) is 7.89. The second kappa shape index (κ2) is 9.25. The van der Waals surface area contributed by atoms with Gasteiger partial charge in [0.25, 0.3) is 0 Å². The van der Waals surface area contributed by atoms with Crippen LogP contribution in [0.4, 0.5) is 5.69 Å². The van der Waals surface area contributed by atoms with E-state index < -0.39 is 0 Å². The number of thioether (sulfide) groups is 1. The Bertz CT molecular complexity index is 374. The number of carbonyl (C=O) groups excluding carboxylic acids is 1. The van der Waals surface area contributed by atoms with E-state index in [1.54, 1.807) is 12.1 Å². The third kappa shape index (κ3) is 6.28. The average Bonchev–Trinajstić information content (AvgIpc) is 2.36. The molecular weight excluding hydrogens is 268 g/mol. The first-order valence-electron chi connectivity index (χ1n) is 5.98. The molecule has 0 saturated carbocycles. The van der Waals surface area contributed by atoms with Crippen LogP contribution in [0.1, 0.15) is 12.8 Å². The van der Waals surface area contributed by atoms with E-state index in [1.165, 1.54) is 12.2 Å². The van der Waals surface area contributed by atoms with Gasteiger partial charge in [-0.05, 0) is 43.5 Å². The summed E-state index contributed by atoms with van der Waals surface area (Å²) in [5.41, 5.74) is 0.661. The number of rotatable bonds is 8. The number of hydrogen-bond acceptors (Lipinski definition) is 3. The van der Waals surface area contributed by atoms with Crippen LogP contribution >= 0.6 is 23.4 Å². The molecule has 0 aromatic heterocycles. The molecule has 1 aromatic rings. The molecule has 18 heavy (non-hydrogen) atoms. The first kappa shape index (κ1) is 15.3. The number of nitrogens with one attached hydrogen (secondary N) is 2. The van der Waals surface area contributed by atoms with Gasteiger partial charge in [-0.2, -0.15) is 11.8 Å². The molecule has 1 amide bonds. The zero-order valence-electron chi connectivity index (χ0n) is 10.5. The van der Waals surface area contributed by atoms with Crippen molar-refractivity contribution >= 4 is 35.0 Å². The van der Waals surface area contributed by atoms with Gasteiger partial charge in [-0.15, -0.1) is 0 Å². The zero-order valence-corrected chi connectivity index (χ0v) is 12.1. The highest BCUT2D eigenvalue weighted by atomic mass is 35.5. The van der Waals surface area contributed by atoms with Crippen LogP contribution in [0.5, 0.6) is 0 Å². The molecule has 0 aliphatic heterocycles. The van der Waals surface area contributed by atoms with Gasteiger partial charge in [-0.3, -0.25) is 4.79 Å². The van der Waals surface area contributed by atoms with Gasteiger partial charge in [0.2, 0.25) is 5.91 Å². The quantitative estimate of drug-likeness (QED) is 0.722. The minimum atomic E-state index is -0.0621. The fraction of sp³-hybridized carbons (Fsp3) is 0.462. The molecule has 0 bridgehead atoms. The third-order valence-electron chi connectivity index (χ3n) is 2.39. The lowest BCUT2D eigenvalue weighted by Crippen LogP contribution is -2.28. The Balaban J connectivity index is 2.16. The lowest BCUT2D eigenvalue weighted by Gasteiger charge is -2.07. The normalized spacial score (nSPS) is 10.3. The van der Waals surface area contributed by atoms with Crippen molar-refractivity contribution in [1.82, 2.24) is 5.32 Å². The van der Waals surface area contributed by atoms with E-state index in [0.717, 1.165) is 13.0 Å². The number of para-hydroxylation sites is 1. The number of unbranched alkanes of at least 4 members (excludes halogenated alkanes) is 1. The number of benzene rings is 1. The van der Waals surface area contributed by atoms with Crippen LogP contribution in [0.15, 0.2) is 24.3 Å². The molecule has 1 rings (SSSR count). The molecule has 0 unspecified atom stereocenters. The van der Waals surface area contributed by atoms with Gasteiger partial charge >= 0.3 is 0 Å². The van der Waals surface area contributed by atoms with Gasteiger partial charge in [0, 0.05) is 0 Å². The maximum Gasteiger partial charge on any atom is 0.238 e. The zero-order chi connectivity index (χ0) is 13.2. The second-order valence-corrected chi connectivity index (χ2v) is 5.30. The van der Waals surface area contributed by atoms with Crippen LogP contribution in [-0.2, 0) is 4.79 Å². The summed E-state index contributed by atoms with van der Waals surface area (Å²) in [6, 6.07) is 7.23. The average molecular weight is 287 g/mol. The highest BCUT2D eigenvalue weighted by Crippen LogP contribution is 2.19. The fourth-order valence-electron chi connectivity index (χ4n) is 1.46. The monoisotopic (exact) mass is 286 g/mol. The van der Waals surface area contributed by atoms with Crippen molar-refractivity contribution in [2.24, 2.45) is 0 Å². The van der Waals surface area contributed by atoms with Crippen molar-refractivity contribution in [2.75, 3.05) is 30.4 Å². The van der Waals surface area contributed by atoms with Gasteiger partial charge in [-0.1, -0.05) is 23.7 Å². The first-order valence-corrected chi connectivity index (χ1v) is 7.75. The van der Waals surface area contributed by atoms with E-state index in [0.29, 0.717) is 17.3 Å². The Morgan fingerprint density at radius 2 is 2.11 bits per heavy atom. The minimum absolute atomic E-state index is 0.0621. The Morgan fingerprint density at radius 3 is 2.83 bits per heavy atom. The SMILES string of the molecule is CSCCCCNCC(=O)Nc1ccccc1Cl. The van der Waals surface area contributed by atoms with Gasteiger partial charge in [0.15, 0.2) is 0 Å². The summed E-state index contributed by atoms with van der Waals surface area (Å²) in [6.45, 7) is 1.20. The molecule has 0 spiro atoms. The van der Waals surface area contributed by atoms with E-state index in [-0.39, 0.29) is 5.91 Å². The van der Waals surface area contributed by atoms with Crippen molar-refractivity contribution in [3.8, 4) is 0 Å². The molecule has 0 radical (unpaired) electrons. The molecule has 0 aliphatic carbocycles. The van der Waals surface area contributed by atoms with Gasteiger partial charge in [0.1, 0.15) is 0 Å². The van der Waals surface area contributed by atoms with E-state index >= 15 is 0 Å². The van der Waals surface area contributed by atoms with Crippen molar-refractivity contribution in [3.63, 3.8) is 0 Å². The lowest BCUT2D eigenvalue weighted by atomic mass is 10.3. The summed E-state index contributed by atoms with van der Waals surface area (Å²) >= 11 is 7.80. The van der Waals surface area contributed by atoms with Gasteiger partial charge < -0.3 is 10.6 Å². The van der Waals surface area contributed by atoms with E-state index in [4.69, 9.17) is 11.6 Å². The van der Waals surface area contributed by atoms with Crippen molar-refractivity contribution in [2.45, 2.75) is 12.8 Å². The molecule has 100 valence electrons. The van der Waals surface area contributed by atoms with E-state index in [2.05, 4.69) is 16.9 Å². The maximum absolute atomic E-state index is 11.6. The smallest absolute Gasteiger partial charge is 0.238 e. The Labute approximate surface area is 118 Å². The molecule has 0 atom stereocenters. The molecule has 5 heteroatoms. The molecule has 0 heterocycles.